The van der Waals surface area contributed by atoms with Crippen molar-refractivity contribution in [1.82, 2.24) is 15.0 Å². The Morgan fingerprint density at radius 2 is 2.10 bits per heavy atom. The van der Waals surface area contributed by atoms with Crippen LogP contribution < -0.4 is 10.1 Å². The van der Waals surface area contributed by atoms with E-state index in [0.29, 0.717) is 30.4 Å². The Bertz CT molecular complexity index is 1240. The molecule has 8 heteroatoms. The molecule has 4 aromatic rings. The van der Waals surface area contributed by atoms with E-state index in [1.807, 2.05) is 31.5 Å². The molecule has 0 aliphatic rings. The number of carboxylic acids is 1. The van der Waals surface area contributed by atoms with Crippen LogP contribution in [0.5, 0.6) is 5.75 Å². The molecule has 158 valence electrons. The number of nitrogens with zero attached hydrogens (tertiary/aromatic N) is 3. The zero-order valence-corrected chi connectivity index (χ0v) is 18.1. The Morgan fingerprint density at radius 1 is 1.23 bits per heavy atom. The molecule has 0 spiro atoms. The number of hydrogen-bond acceptors (Lipinski definition) is 7. The Morgan fingerprint density at radius 3 is 2.90 bits per heavy atom. The van der Waals surface area contributed by atoms with E-state index >= 15 is 0 Å². The van der Waals surface area contributed by atoms with Gasteiger partial charge in [0.25, 0.3) is 0 Å². The van der Waals surface area contributed by atoms with Crippen LogP contribution in [-0.4, -0.2) is 39.2 Å². The predicted molar refractivity (Wildman–Crippen MR) is 122 cm³/mol. The van der Waals surface area contributed by atoms with Gasteiger partial charge in [0.2, 0.25) is 0 Å². The number of aromatic carboxylic acids is 1. The van der Waals surface area contributed by atoms with Crippen LogP contribution in [0.4, 0.5) is 5.82 Å². The number of fused-ring (bicyclic) bond motifs is 1. The van der Waals surface area contributed by atoms with Gasteiger partial charge in [-0.25, -0.2) is 14.8 Å². The SMILES string of the molecule is CCOc1cc(-c2cc(NCCc3c(C)ccc4cnccc34)ncn2)sc1C(=O)O. The average Bonchev–Trinajstić information content (AvgIpc) is 3.20. The van der Waals surface area contributed by atoms with Gasteiger partial charge in [0.15, 0.2) is 4.88 Å². The van der Waals surface area contributed by atoms with Gasteiger partial charge < -0.3 is 15.2 Å². The van der Waals surface area contributed by atoms with Crippen molar-refractivity contribution in [2.24, 2.45) is 0 Å². The van der Waals surface area contributed by atoms with E-state index in [-0.39, 0.29) is 4.88 Å². The largest absolute Gasteiger partial charge is 0.492 e. The Kier molecular flexibility index (Phi) is 6.08. The second kappa shape index (κ2) is 9.09. The number of thiophene rings is 1. The van der Waals surface area contributed by atoms with Crippen molar-refractivity contribution >= 4 is 33.9 Å². The van der Waals surface area contributed by atoms with Crippen molar-refractivity contribution in [1.29, 1.82) is 0 Å². The minimum Gasteiger partial charge on any atom is -0.492 e. The van der Waals surface area contributed by atoms with Gasteiger partial charge >= 0.3 is 5.97 Å². The molecule has 0 unspecified atom stereocenters. The van der Waals surface area contributed by atoms with E-state index in [4.69, 9.17) is 4.74 Å². The first-order valence-corrected chi connectivity index (χ1v) is 10.8. The summed E-state index contributed by atoms with van der Waals surface area (Å²) in [5, 5.41) is 15.1. The fourth-order valence-electron chi connectivity index (χ4n) is 3.49. The van der Waals surface area contributed by atoms with Gasteiger partial charge in [0, 0.05) is 36.5 Å². The molecule has 0 amide bonds. The fourth-order valence-corrected chi connectivity index (χ4v) is 4.40. The molecule has 31 heavy (non-hydrogen) atoms. The molecule has 0 bridgehead atoms. The fraction of sp³-hybridized carbons (Fsp3) is 0.217. The highest BCUT2D eigenvalue weighted by Crippen LogP contribution is 2.36. The molecule has 7 nitrogen and oxygen atoms in total. The summed E-state index contributed by atoms with van der Waals surface area (Å²) in [6, 6.07) is 9.81. The van der Waals surface area contributed by atoms with Crippen LogP contribution in [0, 0.1) is 6.92 Å². The smallest absolute Gasteiger partial charge is 0.349 e. The maximum absolute atomic E-state index is 11.5. The maximum Gasteiger partial charge on any atom is 0.349 e. The summed E-state index contributed by atoms with van der Waals surface area (Å²) in [7, 11) is 0. The zero-order valence-electron chi connectivity index (χ0n) is 17.3. The summed E-state index contributed by atoms with van der Waals surface area (Å²) in [5.41, 5.74) is 3.18. The highest BCUT2D eigenvalue weighted by atomic mass is 32.1. The molecule has 3 heterocycles. The summed E-state index contributed by atoms with van der Waals surface area (Å²) in [5.74, 6) is 0.0459. The lowest BCUT2D eigenvalue weighted by molar-refractivity contribution is 0.0698. The molecular formula is C23H22N4O3S. The number of anilines is 1. The van der Waals surface area contributed by atoms with Crippen molar-refractivity contribution < 1.29 is 14.6 Å². The molecule has 0 aliphatic heterocycles. The third kappa shape index (κ3) is 4.49. The van der Waals surface area contributed by atoms with Crippen molar-refractivity contribution in [3.05, 3.63) is 65.1 Å². The predicted octanol–water partition coefficient (Wildman–Crippen LogP) is 4.81. The standard InChI is InChI=1S/C23H22N4O3S/c1-3-30-19-11-20(31-22(19)23(28)29)18-10-21(27-13-26-18)25-9-7-16-14(2)4-5-15-12-24-8-6-17(15)16/h4-6,8,10-13H,3,7,9H2,1-2H3,(H,28,29)(H,25,26,27). The summed E-state index contributed by atoms with van der Waals surface area (Å²) in [6.45, 7) is 5.04. The van der Waals surface area contributed by atoms with E-state index in [0.717, 1.165) is 28.0 Å². The molecule has 4 rings (SSSR count). The topological polar surface area (TPSA) is 97.2 Å². The van der Waals surface area contributed by atoms with Crippen LogP contribution in [0.15, 0.2) is 49.1 Å². The molecule has 0 atom stereocenters. The summed E-state index contributed by atoms with van der Waals surface area (Å²) < 4.78 is 5.46. The van der Waals surface area contributed by atoms with Crippen LogP contribution >= 0.6 is 11.3 Å². The van der Waals surface area contributed by atoms with E-state index < -0.39 is 5.97 Å². The number of benzene rings is 1. The van der Waals surface area contributed by atoms with Crippen LogP contribution in [0.1, 0.15) is 27.7 Å². The third-order valence-corrected chi connectivity index (χ3v) is 6.09. The molecule has 0 saturated heterocycles. The van der Waals surface area contributed by atoms with Gasteiger partial charge in [0.05, 0.1) is 17.2 Å². The van der Waals surface area contributed by atoms with Gasteiger partial charge in [-0.1, -0.05) is 12.1 Å². The summed E-state index contributed by atoms with van der Waals surface area (Å²) in [6.07, 6.45) is 6.01. The molecule has 0 radical (unpaired) electrons. The number of nitrogens with one attached hydrogen (secondary N) is 1. The Labute approximate surface area is 183 Å². The molecule has 0 fully saturated rings. The van der Waals surface area contributed by atoms with Crippen LogP contribution in [-0.2, 0) is 6.42 Å². The summed E-state index contributed by atoms with van der Waals surface area (Å²) >= 11 is 1.14. The summed E-state index contributed by atoms with van der Waals surface area (Å²) in [4.78, 5) is 25.2. The van der Waals surface area contributed by atoms with Gasteiger partial charge in [-0.15, -0.1) is 11.3 Å². The van der Waals surface area contributed by atoms with Crippen molar-refractivity contribution in [3.8, 4) is 16.3 Å². The molecule has 0 aliphatic carbocycles. The monoisotopic (exact) mass is 434 g/mol. The molecule has 1 aromatic carbocycles. The molecule has 0 saturated carbocycles. The molecule has 2 N–H and O–H groups in total. The van der Waals surface area contributed by atoms with E-state index in [1.54, 1.807) is 6.07 Å². The van der Waals surface area contributed by atoms with Crippen molar-refractivity contribution in [2.75, 3.05) is 18.5 Å². The molecular weight excluding hydrogens is 412 g/mol. The number of aryl methyl sites for hydroxylation is 1. The highest BCUT2D eigenvalue weighted by Gasteiger charge is 2.18. The van der Waals surface area contributed by atoms with Crippen LogP contribution in [0.2, 0.25) is 0 Å². The number of ether oxygens (including phenoxy) is 1. The quantitative estimate of drug-likeness (QED) is 0.411. The number of aromatic nitrogens is 3. The lowest BCUT2D eigenvalue weighted by Gasteiger charge is -2.11. The third-order valence-electron chi connectivity index (χ3n) is 4.96. The van der Waals surface area contributed by atoms with Gasteiger partial charge in [-0.2, -0.15) is 0 Å². The minimum atomic E-state index is -1.01. The normalized spacial score (nSPS) is 10.9. The zero-order chi connectivity index (χ0) is 21.8. The number of carbonyl (C=O) groups is 1. The second-order valence-corrected chi connectivity index (χ2v) is 8.02. The van der Waals surface area contributed by atoms with E-state index in [2.05, 4.69) is 39.3 Å². The van der Waals surface area contributed by atoms with Crippen molar-refractivity contribution in [3.63, 3.8) is 0 Å². The first-order valence-electron chi connectivity index (χ1n) is 9.95. The number of carboxylic acid groups (broad SMARTS) is 1. The average molecular weight is 435 g/mol. The van der Waals surface area contributed by atoms with Gasteiger partial charge in [-0.3, -0.25) is 4.98 Å². The maximum atomic E-state index is 11.5. The molecule has 3 aromatic heterocycles. The highest BCUT2D eigenvalue weighted by molar-refractivity contribution is 7.17. The van der Waals surface area contributed by atoms with Crippen LogP contribution in [0.3, 0.4) is 0 Å². The number of hydrogen-bond donors (Lipinski definition) is 2. The van der Waals surface area contributed by atoms with Crippen molar-refractivity contribution in [2.45, 2.75) is 20.3 Å². The van der Waals surface area contributed by atoms with Gasteiger partial charge in [0.1, 0.15) is 17.9 Å². The van der Waals surface area contributed by atoms with E-state index in [1.165, 1.54) is 22.8 Å². The number of rotatable bonds is 8. The van der Waals surface area contributed by atoms with E-state index in [9.17, 15) is 9.90 Å². The van der Waals surface area contributed by atoms with Crippen LogP contribution in [0.25, 0.3) is 21.3 Å². The Hall–Kier alpha value is -3.52. The lowest BCUT2D eigenvalue weighted by atomic mass is 9.99. The minimum absolute atomic E-state index is 0.172. The first kappa shape index (κ1) is 20.7. The Balaban J connectivity index is 1.51. The number of pyridine rings is 1. The van der Waals surface area contributed by atoms with Gasteiger partial charge in [-0.05, 0) is 42.8 Å². The first-order chi connectivity index (χ1) is 15.1. The lowest BCUT2D eigenvalue weighted by Crippen LogP contribution is -2.08. The second-order valence-electron chi connectivity index (χ2n) is 6.97.